The van der Waals surface area contributed by atoms with Crippen LogP contribution in [0.4, 0.5) is 4.39 Å². The van der Waals surface area contributed by atoms with Gasteiger partial charge in [-0.15, -0.1) is 0 Å². The first kappa shape index (κ1) is 13.6. The highest BCUT2D eigenvalue weighted by Crippen LogP contribution is 2.19. The molecule has 2 rings (SSSR count). The Balaban J connectivity index is 2.11. The molecule has 0 aliphatic carbocycles. The average Bonchev–Trinajstić information content (AvgIpc) is 2.41. The van der Waals surface area contributed by atoms with Crippen molar-refractivity contribution in [1.82, 2.24) is 9.88 Å². The van der Waals surface area contributed by atoms with E-state index >= 15 is 0 Å². The summed E-state index contributed by atoms with van der Waals surface area (Å²) >= 11 is 0. The predicted molar refractivity (Wildman–Crippen MR) is 73.9 cm³/mol. The number of rotatable bonds is 5. The molecule has 1 aromatic heterocycles. The van der Waals surface area contributed by atoms with Gasteiger partial charge >= 0.3 is 0 Å². The summed E-state index contributed by atoms with van der Waals surface area (Å²) in [4.78, 5) is 6.12. The van der Waals surface area contributed by atoms with Crippen molar-refractivity contribution < 1.29 is 4.39 Å². The van der Waals surface area contributed by atoms with Crippen molar-refractivity contribution >= 4 is 0 Å². The average molecular weight is 259 g/mol. The van der Waals surface area contributed by atoms with E-state index < -0.39 is 0 Å². The Labute approximate surface area is 112 Å². The third-order valence-electron chi connectivity index (χ3n) is 3.17. The van der Waals surface area contributed by atoms with Gasteiger partial charge in [-0.2, -0.15) is 0 Å². The summed E-state index contributed by atoms with van der Waals surface area (Å²) in [6.45, 7) is 1.16. The minimum atomic E-state index is -0.209. The van der Waals surface area contributed by atoms with Crippen LogP contribution in [-0.4, -0.2) is 23.5 Å². The SMILES string of the molecule is CN(Cc1cccc(F)c1)C(CN)c1ccncc1. The molecule has 0 radical (unpaired) electrons. The molecule has 0 saturated carbocycles. The van der Waals surface area contributed by atoms with Gasteiger partial charge in [0.2, 0.25) is 0 Å². The van der Waals surface area contributed by atoms with E-state index in [0.29, 0.717) is 13.1 Å². The maximum atomic E-state index is 13.2. The molecule has 0 fully saturated rings. The van der Waals surface area contributed by atoms with Crippen molar-refractivity contribution in [3.05, 3.63) is 65.7 Å². The lowest BCUT2D eigenvalue weighted by atomic mass is 10.1. The molecule has 1 aromatic carbocycles. The molecule has 0 spiro atoms. The quantitative estimate of drug-likeness (QED) is 0.896. The number of hydrogen-bond acceptors (Lipinski definition) is 3. The summed E-state index contributed by atoms with van der Waals surface area (Å²) in [7, 11) is 1.99. The first-order valence-corrected chi connectivity index (χ1v) is 6.25. The molecule has 19 heavy (non-hydrogen) atoms. The maximum Gasteiger partial charge on any atom is 0.123 e. The second-order valence-corrected chi connectivity index (χ2v) is 4.58. The number of hydrogen-bond donors (Lipinski definition) is 1. The van der Waals surface area contributed by atoms with Crippen LogP contribution in [0.1, 0.15) is 17.2 Å². The fraction of sp³-hybridized carbons (Fsp3) is 0.267. The van der Waals surface area contributed by atoms with Crippen LogP contribution in [0, 0.1) is 5.82 Å². The van der Waals surface area contributed by atoms with Gasteiger partial charge in [0.25, 0.3) is 0 Å². The van der Waals surface area contributed by atoms with Crippen LogP contribution in [0.15, 0.2) is 48.8 Å². The Hall–Kier alpha value is -1.78. The fourth-order valence-electron chi connectivity index (χ4n) is 2.19. The normalized spacial score (nSPS) is 12.6. The molecule has 0 amide bonds. The number of pyridine rings is 1. The smallest absolute Gasteiger partial charge is 0.123 e. The van der Waals surface area contributed by atoms with E-state index in [-0.39, 0.29) is 11.9 Å². The second-order valence-electron chi connectivity index (χ2n) is 4.58. The summed E-state index contributed by atoms with van der Waals surface area (Å²) in [5, 5.41) is 0. The largest absolute Gasteiger partial charge is 0.329 e. The Morgan fingerprint density at radius 3 is 2.63 bits per heavy atom. The van der Waals surface area contributed by atoms with E-state index in [1.165, 1.54) is 6.07 Å². The van der Waals surface area contributed by atoms with Crippen molar-refractivity contribution in [2.24, 2.45) is 5.73 Å². The number of likely N-dealkylation sites (N-methyl/N-ethyl adjacent to an activating group) is 1. The van der Waals surface area contributed by atoms with Gasteiger partial charge in [-0.3, -0.25) is 9.88 Å². The summed E-state index contributed by atoms with van der Waals surface area (Å²) < 4.78 is 13.2. The van der Waals surface area contributed by atoms with E-state index in [0.717, 1.165) is 11.1 Å². The van der Waals surface area contributed by atoms with Crippen LogP contribution in [-0.2, 0) is 6.54 Å². The van der Waals surface area contributed by atoms with E-state index in [1.54, 1.807) is 24.5 Å². The highest BCUT2D eigenvalue weighted by atomic mass is 19.1. The first-order chi connectivity index (χ1) is 9.20. The Bertz CT molecular complexity index is 516. The highest BCUT2D eigenvalue weighted by molar-refractivity contribution is 5.19. The Morgan fingerprint density at radius 2 is 2.00 bits per heavy atom. The van der Waals surface area contributed by atoms with E-state index in [2.05, 4.69) is 9.88 Å². The highest BCUT2D eigenvalue weighted by Gasteiger charge is 2.15. The molecule has 2 aromatic rings. The zero-order valence-electron chi connectivity index (χ0n) is 11.0. The summed E-state index contributed by atoms with van der Waals surface area (Å²) in [5.74, 6) is -0.209. The zero-order valence-corrected chi connectivity index (χ0v) is 11.0. The van der Waals surface area contributed by atoms with Crippen molar-refractivity contribution in [3.8, 4) is 0 Å². The van der Waals surface area contributed by atoms with Crippen molar-refractivity contribution in [1.29, 1.82) is 0 Å². The number of nitrogens with zero attached hydrogens (tertiary/aromatic N) is 2. The van der Waals surface area contributed by atoms with E-state index in [9.17, 15) is 4.39 Å². The van der Waals surface area contributed by atoms with Crippen LogP contribution in [0.3, 0.4) is 0 Å². The van der Waals surface area contributed by atoms with Crippen LogP contribution < -0.4 is 5.73 Å². The van der Waals surface area contributed by atoms with Crippen LogP contribution in [0.2, 0.25) is 0 Å². The van der Waals surface area contributed by atoms with Crippen LogP contribution >= 0.6 is 0 Å². The predicted octanol–water partition coefficient (Wildman–Crippen LogP) is 2.35. The minimum absolute atomic E-state index is 0.103. The molecular weight excluding hydrogens is 241 g/mol. The second kappa shape index (κ2) is 6.41. The maximum absolute atomic E-state index is 13.2. The van der Waals surface area contributed by atoms with Gasteiger partial charge in [-0.05, 0) is 42.4 Å². The lowest BCUT2D eigenvalue weighted by Gasteiger charge is -2.27. The Morgan fingerprint density at radius 1 is 1.26 bits per heavy atom. The topological polar surface area (TPSA) is 42.1 Å². The van der Waals surface area contributed by atoms with E-state index in [4.69, 9.17) is 5.73 Å². The van der Waals surface area contributed by atoms with Gasteiger partial charge in [0.1, 0.15) is 5.82 Å². The third-order valence-corrected chi connectivity index (χ3v) is 3.17. The molecule has 0 aliphatic rings. The third kappa shape index (κ3) is 3.59. The molecule has 4 heteroatoms. The number of halogens is 1. The van der Waals surface area contributed by atoms with Crippen molar-refractivity contribution in [2.45, 2.75) is 12.6 Å². The molecule has 0 saturated heterocycles. The molecule has 0 bridgehead atoms. The monoisotopic (exact) mass is 259 g/mol. The van der Waals surface area contributed by atoms with Crippen molar-refractivity contribution in [3.63, 3.8) is 0 Å². The Kier molecular flexibility index (Phi) is 4.60. The van der Waals surface area contributed by atoms with E-state index in [1.807, 2.05) is 25.2 Å². The lowest BCUT2D eigenvalue weighted by molar-refractivity contribution is 0.241. The number of nitrogens with two attached hydrogens (primary N) is 1. The summed E-state index contributed by atoms with van der Waals surface area (Å²) in [5.41, 5.74) is 7.91. The van der Waals surface area contributed by atoms with Gasteiger partial charge in [0.05, 0.1) is 0 Å². The molecule has 1 atom stereocenters. The molecule has 2 N–H and O–H groups in total. The van der Waals surface area contributed by atoms with Crippen LogP contribution in [0.5, 0.6) is 0 Å². The fourth-order valence-corrected chi connectivity index (χ4v) is 2.19. The van der Waals surface area contributed by atoms with Crippen LogP contribution in [0.25, 0.3) is 0 Å². The standard InChI is InChI=1S/C15H18FN3/c1-19(11-12-3-2-4-14(16)9-12)15(10-17)13-5-7-18-8-6-13/h2-9,15H,10-11,17H2,1H3. The van der Waals surface area contributed by atoms with Gasteiger partial charge in [0, 0.05) is 31.5 Å². The lowest BCUT2D eigenvalue weighted by Crippen LogP contribution is -2.30. The molecule has 1 heterocycles. The minimum Gasteiger partial charge on any atom is -0.329 e. The summed E-state index contributed by atoms with van der Waals surface area (Å²) in [6, 6.07) is 10.7. The number of aromatic nitrogens is 1. The zero-order chi connectivity index (χ0) is 13.7. The van der Waals surface area contributed by atoms with Gasteiger partial charge in [-0.1, -0.05) is 12.1 Å². The van der Waals surface area contributed by atoms with Crippen molar-refractivity contribution in [2.75, 3.05) is 13.6 Å². The molecule has 1 unspecified atom stereocenters. The van der Waals surface area contributed by atoms with Gasteiger partial charge in [-0.25, -0.2) is 4.39 Å². The molecule has 100 valence electrons. The van der Waals surface area contributed by atoms with Gasteiger partial charge in [0.15, 0.2) is 0 Å². The summed E-state index contributed by atoms with van der Waals surface area (Å²) in [6.07, 6.45) is 3.52. The number of benzene rings is 1. The molecule has 3 nitrogen and oxygen atoms in total. The molecule has 0 aliphatic heterocycles. The molecular formula is C15H18FN3. The van der Waals surface area contributed by atoms with Gasteiger partial charge < -0.3 is 5.73 Å². The first-order valence-electron chi connectivity index (χ1n) is 6.25.